The fraction of sp³-hybridized carbons (Fsp3) is 0.348. The van der Waals surface area contributed by atoms with Crippen LogP contribution in [0.15, 0.2) is 58.5 Å². The van der Waals surface area contributed by atoms with Gasteiger partial charge in [0.2, 0.25) is 5.91 Å². The predicted molar refractivity (Wildman–Crippen MR) is 117 cm³/mol. The molecule has 1 amide bonds. The number of nitrogens with one attached hydrogen (secondary N) is 1. The van der Waals surface area contributed by atoms with Crippen LogP contribution in [0.1, 0.15) is 49.4 Å². The number of fused-ring (bicyclic) bond motifs is 1. The third-order valence-corrected chi connectivity index (χ3v) is 6.20. The third kappa shape index (κ3) is 4.37. The zero-order valence-electron chi connectivity index (χ0n) is 16.7. The Morgan fingerprint density at radius 3 is 2.62 bits per heavy atom. The van der Waals surface area contributed by atoms with Gasteiger partial charge in [-0.15, -0.1) is 0 Å². The van der Waals surface area contributed by atoms with Crippen LogP contribution in [0.4, 0.5) is 0 Å². The topological polar surface area (TPSA) is 64.0 Å². The van der Waals surface area contributed by atoms with Crippen LogP contribution >= 0.6 is 11.8 Å². The number of aryl methyl sites for hydroxylation is 1. The van der Waals surface area contributed by atoms with E-state index in [9.17, 15) is 9.59 Å². The molecule has 3 aromatic rings. The van der Waals surface area contributed by atoms with Crippen LogP contribution in [0, 0.1) is 6.92 Å². The molecule has 5 nitrogen and oxygen atoms in total. The standard InChI is InChI=1S/C23H25N3O2S/c1-3-19(16-10-8-15(2)9-11-16)24-21(27)14-29-23-25-20-7-5-4-6-18(20)22(28)26(23)17-12-13-17/h4-11,17,19H,3,12-14H2,1-2H3,(H,24,27)/t19-/m1/s1. The molecule has 0 spiro atoms. The summed E-state index contributed by atoms with van der Waals surface area (Å²) in [7, 11) is 0. The predicted octanol–water partition coefficient (Wildman–Crippen LogP) is 4.40. The van der Waals surface area contributed by atoms with Gasteiger partial charge >= 0.3 is 0 Å². The summed E-state index contributed by atoms with van der Waals surface area (Å²) in [5.41, 5.74) is 2.98. The smallest absolute Gasteiger partial charge is 0.262 e. The highest BCUT2D eigenvalue weighted by Gasteiger charge is 2.28. The van der Waals surface area contributed by atoms with E-state index >= 15 is 0 Å². The second kappa shape index (κ2) is 8.41. The Morgan fingerprint density at radius 2 is 1.93 bits per heavy atom. The molecule has 1 heterocycles. The number of rotatable bonds is 7. The lowest BCUT2D eigenvalue weighted by Gasteiger charge is -2.18. The van der Waals surface area contributed by atoms with Crippen molar-refractivity contribution in [2.75, 3.05) is 5.75 Å². The van der Waals surface area contributed by atoms with Crippen molar-refractivity contribution in [3.63, 3.8) is 0 Å². The molecule has 150 valence electrons. The number of carbonyl (C=O) groups is 1. The van der Waals surface area contributed by atoms with Crippen LogP contribution in [0.3, 0.4) is 0 Å². The summed E-state index contributed by atoms with van der Waals surface area (Å²) < 4.78 is 1.78. The zero-order valence-corrected chi connectivity index (χ0v) is 17.5. The largest absolute Gasteiger partial charge is 0.349 e. The first-order valence-corrected chi connectivity index (χ1v) is 11.1. The summed E-state index contributed by atoms with van der Waals surface area (Å²) in [4.78, 5) is 30.2. The highest BCUT2D eigenvalue weighted by atomic mass is 32.2. The van der Waals surface area contributed by atoms with Gasteiger partial charge in [-0.25, -0.2) is 4.98 Å². The van der Waals surface area contributed by atoms with Gasteiger partial charge in [-0.3, -0.25) is 14.2 Å². The first kappa shape index (κ1) is 19.7. The second-order valence-electron chi connectivity index (χ2n) is 7.55. The maximum atomic E-state index is 12.9. The minimum Gasteiger partial charge on any atom is -0.349 e. The molecule has 4 rings (SSSR count). The number of para-hydroxylation sites is 1. The number of hydrogen-bond acceptors (Lipinski definition) is 4. The molecule has 1 fully saturated rings. The van der Waals surface area contributed by atoms with Crippen molar-refractivity contribution in [1.82, 2.24) is 14.9 Å². The van der Waals surface area contributed by atoms with E-state index < -0.39 is 0 Å². The van der Waals surface area contributed by atoms with Crippen molar-refractivity contribution >= 4 is 28.6 Å². The molecule has 1 aliphatic carbocycles. The van der Waals surface area contributed by atoms with Gasteiger partial charge < -0.3 is 5.32 Å². The van der Waals surface area contributed by atoms with Gasteiger partial charge in [0, 0.05) is 6.04 Å². The highest BCUT2D eigenvalue weighted by molar-refractivity contribution is 7.99. The molecule has 0 radical (unpaired) electrons. The second-order valence-corrected chi connectivity index (χ2v) is 8.49. The SMILES string of the molecule is CC[C@@H](NC(=O)CSc1nc2ccccc2c(=O)n1C1CC1)c1ccc(C)cc1. The van der Waals surface area contributed by atoms with Crippen molar-refractivity contribution < 1.29 is 4.79 Å². The normalized spacial score (nSPS) is 14.7. The van der Waals surface area contributed by atoms with E-state index in [-0.39, 0.29) is 29.3 Å². The van der Waals surface area contributed by atoms with Crippen LogP contribution in [0.5, 0.6) is 0 Å². The van der Waals surface area contributed by atoms with Crippen LogP contribution in [-0.2, 0) is 4.79 Å². The first-order chi connectivity index (χ1) is 14.1. The van der Waals surface area contributed by atoms with Crippen molar-refractivity contribution in [1.29, 1.82) is 0 Å². The summed E-state index contributed by atoms with van der Waals surface area (Å²) in [6, 6.07) is 15.8. The Kier molecular flexibility index (Phi) is 5.72. The number of nitrogens with zero attached hydrogens (tertiary/aromatic N) is 2. The van der Waals surface area contributed by atoms with E-state index in [1.165, 1.54) is 17.3 Å². The van der Waals surface area contributed by atoms with Gasteiger partial charge in [0.15, 0.2) is 5.16 Å². The molecule has 1 saturated carbocycles. The van der Waals surface area contributed by atoms with Crippen molar-refractivity contribution in [2.24, 2.45) is 0 Å². The summed E-state index contributed by atoms with van der Waals surface area (Å²) in [5.74, 6) is 0.187. The number of aromatic nitrogens is 2. The van der Waals surface area contributed by atoms with Gasteiger partial charge in [0.1, 0.15) is 0 Å². The van der Waals surface area contributed by atoms with Gasteiger partial charge in [0.05, 0.1) is 22.7 Å². The Labute approximate surface area is 174 Å². The lowest BCUT2D eigenvalue weighted by atomic mass is 10.0. The maximum Gasteiger partial charge on any atom is 0.262 e. The Hall–Kier alpha value is -2.60. The van der Waals surface area contributed by atoms with Gasteiger partial charge in [-0.05, 0) is 43.9 Å². The minimum atomic E-state index is -0.0489. The van der Waals surface area contributed by atoms with Crippen molar-refractivity contribution in [2.45, 2.75) is 50.4 Å². The monoisotopic (exact) mass is 407 g/mol. The maximum absolute atomic E-state index is 12.9. The van der Waals surface area contributed by atoms with E-state index in [0.29, 0.717) is 16.1 Å². The summed E-state index contributed by atoms with van der Waals surface area (Å²) >= 11 is 1.34. The molecule has 0 saturated heterocycles. The average Bonchev–Trinajstić information content (AvgIpc) is 3.56. The molecule has 0 bridgehead atoms. The minimum absolute atomic E-state index is 0.00732. The number of hydrogen-bond donors (Lipinski definition) is 1. The number of carbonyl (C=O) groups excluding carboxylic acids is 1. The molecule has 6 heteroatoms. The molecular weight excluding hydrogens is 382 g/mol. The molecule has 1 aliphatic rings. The quantitative estimate of drug-likeness (QED) is 0.466. The summed E-state index contributed by atoms with van der Waals surface area (Å²) in [5, 5.41) is 4.39. The fourth-order valence-electron chi connectivity index (χ4n) is 3.47. The van der Waals surface area contributed by atoms with Crippen LogP contribution < -0.4 is 10.9 Å². The molecule has 0 aliphatic heterocycles. The number of thioether (sulfide) groups is 1. The fourth-order valence-corrected chi connectivity index (χ4v) is 4.35. The lowest BCUT2D eigenvalue weighted by molar-refractivity contribution is -0.119. The molecule has 1 aromatic heterocycles. The Bertz CT molecular complexity index is 1090. The molecule has 2 aromatic carbocycles. The van der Waals surface area contributed by atoms with Crippen LogP contribution in [0.2, 0.25) is 0 Å². The number of benzene rings is 2. The zero-order chi connectivity index (χ0) is 20.4. The molecular formula is C23H25N3O2S. The molecule has 0 unspecified atom stereocenters. The van der Waals surface area contributed by atoms with Crippen LogP contribution in [0.25, 0.3) is 10.9 Å². The average molecular weight is 408 g/mol. The molecule has 1 atom stereocenters. The number of amides is 1. The van der Waals surface area contributed by atoms with Gasteiger partial charge in [-0.1, -0.05) is 60.6 Å². The third-order valence-electron chi connectivity index (χ3n) is 5.24. The van der Waals surface area contributed by atoms with E-state index in [4.69, 9.17) is 0 Å². The van der Waals surface area contributed by atoms with Crippen molar-refractivity contribution in [3.8, 4) is 0 Å². The first-order valence-electron chi connectivity index (χ1n) is 10.1. The van der Waals surface area contributed by atoms with Gasteiger partial charge in [-0.2, -0.15) is 0 Å². The van der Waals surface area contributed by atoms with E-state index in [0.717, 1.165) is 24.8 Å². The van der Waals surface area contributed by atoms with Crippen molar-refractivity contribution in [3.05, 3.63) is 70.0 Å². The summed E-state index contributed by atoms with van der Waals surface area (Å²) in [6.45, 7) is 4.11. The lowest BCUT2D eigenvalue weighted by Crippen LogP contribution is -2.30. The Balaban J connectivity index is 1.50. The summed E-state index contributed by atoms with van der Waals surface area (Å²) in [6.07, 6.45) is 2.80. The van der Waals surface area contributed by atoms with E-state index in [2.05, 4.69) is 48.4 Å². The van der Waals surface area contributed by atoms with E-state index in [1.54, 1.807) is 4.57 Å². The Morgan fingerprint density at radius 1 is 1.21 bits per heavy atom. The van der Waals surface area contributed by atoms with E-state index in [1.807, 2.05) is 24.3 Å². The molecule has 1 N–H and O–H groups in total. The highest BCUT2D eigenvalue weighted by Crippen LogP contribution is 2.36. The molecule has 29 heavy (non-hydrogen) atoms. The van der Waals surface area contributed by atoms with Crippen LogP contribution in [-0.4, -0.2) is 21.2 Å². The van der Waals surface area contributed by atoms with Gasteiger partial charge in [0.25, 0.3) is 5.56 Å².